The lowest BCUT2D eigenvalue weighted by atomic mass is 10.1. The number of hydrogen-bond donors (Lipinski definition) is 0. The van der Waals surface area contributed by atoms with Gasteiger partial charge in [0.25, 0.3) is 0 Å². The number of para-hydroxylation sites is 1. The Morgan fingerprint density at radius 1 is 1.03 bits per heavy atom. The Kier molecular flexibility index (Phi) is 5.61. The maximum Gasteiger partial charge on any atom is 0.345 e. The van der Waals surface area contributed by atoms with Crippen LogP contribution in [0.25, 0.3) is 45.2 Å². The molecule has 0 saturated carbocycles. The predicted octanol–water partition coefficient (Wildman–Crippen LogP) is 7.55. The fourth-order valence-corrected chi connectivity index (χ4v) is 4.71. The Labute approximate surface area is 201 Å². The van der Waals surface area contributed by atoms with Crippen LogP contribution in [0, 0.1) is 11.3 Å². The second kappa shape index (κ2) is 8.72. The lowest BCUT2D eigenvalue weighted by Crippen LogP contribution is -2.02. The summed E-state index contributed by atoms with van der Waals surface area (Å²) in [6.45, 7) is 0. The average Bonchev–Trinajstić information content (AvgIpc) is 3.47. The van der Waals surface area contributed by atoms with Crippen LogP contribution in [0.4, 0.5) is 0 Å². The summed E-state index contributed by atoms with van der Waals surface area (Å²) in [5.41, 5.74) is 1.67. The highest BCUT2D eigenvalue weighted by Gasteiger charge is 2.16. The molecule has 3 heterocycles. The molecule has 5 nitrogen and oxygen atoms in total. The summed E-state index contributed by atoms with van der Waals surface area (Å²) >= 11 is 13.8. The lowest BCUT2D eigenvalue weighted by molar-refractivity contribution is 0.563. The summed E-state index contributed by atoms with van der Waals surface area (Å²) < 4.78 is 11.3. The van der Waals surface area contributed by atoms with Gasteiger partial charge in [-0.2, -0.15) is 5.26 Å². The number of thiazole rings is 1. The van der Waals surface area contributed by atoms with Crippen LogP contribution in [0.3, 0.4) is 0 Å². The molecule has 8 heteroatoms. The van der Waals surface area contributed by atoms with Crippen LogP contribution in [0.2, 0.25) is 10.0 Å². The molecule has 5 aromatic rings. The van der Waals surface area contributed by atoms with E-state index in [1.807, 2.05) is 12.1 Å². The van der Waals surface area contributed by atoms with E-state index in [0.29, 0.717) is 54.6 Å². The summed E-state index contributed by atoms with van der Waals surface area (Å²) in [4.78, 5) is 16.9. The zero-order valence-corrected chi connectivity index (χ0v) is 19.0. The second-order valence-electron chi connectivity index (χ2n) is 6.99. The van der Waals surface area contributed by atoms with Gasteiger partial charge in [-0.3, -0.25) is 0 Å². The third-order valence-corrected chi connectivity index (χ3v) is 6.40. The topological polar surface area (TPSA) is 80.0 Å². The van der Waals surface area contributed by atoms with Crippen molar-refractivity contribution in [1.29, 1.82) is 5.26 Å². The van der Waals surface area contributed by atoms with Crippen molar-refractivity contribution in [3.8, 4) is 28.7 Å². The molecule has 0 bridgehead atoms. The van der Waals surface area contributed by atoms with Crippen LogP contribution < -0.4 is 5.63 Å². The van der Waals surface area contributed by atoms with E-state index in [-0.39, 0.29) is 0 Å². The first kappa shape index (κ1) is 21.2. The van der Waals surface area contributed by atoms with Gasteiger partial charge in [0.15, 0.2) is 0 Å². The van der Waals surface area contributed by atoms with Crippen molar-refractivity contribution in [3.05, 3.63) is 97.3 Å². The number of halogens is 2. The number of aromatic nitrogens is 1. The fraction of sp³-hybridized carbons (Fsp3) is 0. The van der Waals surface area contributed by atoms with Gasteiger partial charge in [0.05, 0.1) is 32.4 Å². The van der Waals surface area contributed by atoms with Crippen molar-refractivity contribution in [1.82, 2.24) is 4.98 Å². The minimum Gasteiger partial charge on any atom is -0.457 e. The van der Waals surface area contributed by atoms with E-state index in [9.17, 15) is 10.1 Å². The normalized spacial score (nSPS) is 11.6. The molecule has 0 N–H and O–H groups in total. The standard InChI is InChI=1S/C25H12Cl2N2O3S/c26-18-5-3-6-19(27)23(18)22-9-8-16(31-22)10-15(12-28)24-29-20(13-33-24)17-11-14-4-1-2-7-21(14)32-25(17)30/h1-11,13H. The Balaban J connectivity index is 1.50. The van der Waals surface area contributed by atoms with E-state index in [0.717, 1.165) is 5.39 Å². The van der Waals surface area contributed by atoms with Crippen molar-refractivity contribution in [2.24, 2.45) is 0 Å². The van der Waals surface area contributed by atoms with Gasteiger partial charge in [-0.15, -0.1) is 11.3 Å². The number of hydrogen-bond acceptors (Lipinski definition) is 6. The van der Waals surface area contributed by atoms with Crippen molar-refractivity contribution < 1.29 is 8.83 Å². The Hall–Kier alpha value is -3.63. The highest BCUT2D eigenvalue weighted by atomic mass is 35.5. The van der Waals surface area contributed by atoms with Gasteiger partial charge in [-0.25, -0.2) is 9.78 Å². The number of rotatable bonds is 4. The molecule has 0 aliphatic carbocycles. The number of nitrogens with zero attached hydrogens (tertiary/aromatic N) is 2. The molecule has 0 saturated heterocycles. The molecule has 0 aliphatic heterocycles. The van der Waals surface area contributed by atoms with Crippen LogP contribution >= 0.6 is 34.5 Å². The number of benzene rings is 2. The monoisotopic (exact) mass is 490 g/mol. The number of fused-ring (bicyclic) bond motifs is 1. The third kappa shape index (κ3) is 4.10. The van der Waals surface area contributed by atoms with Gasteiger partial charge < -0.3 is 8.83 Å². The van der Waals surface area contributed by atoms with Crippen LogP contribution in [-0.4, -0.2) is 4.98 Å². The zero-order chi connectivity index (χ0) is 22.9. The predicted molar refractivity (Wildman–Crippen MR) is 131 cm³/mol. The summed E-state index contributed by atoms with van der Waals surface area (Å²) in [7, 11) is 0. The van der Waals surface area contributed by atoms with E-state index in [2.05, 4.69) is 11.1 Å². The van der Waals surface area contributed by atoms with Crippen molar-refractivity contribution >= 4 is 57.2 Å². The van der Waals surface area contributed by atoms with E-state index >= 15 is 0 Å². The molecule has 0 amide bonds. The van der Waals surface area contributed by atoms with Gasteiger partial charge in [0, 0.05) is 16.8 Å². The van der Waals surface area contributed by atoms with Gasteiger partial charge in [0.2, 0.25) is 0 Å². The van der Waals surface area contributed by atoms with Crippen molar-refractivity contribution in [3.63, 3.8) is 0 Å². The molecule has 0 radical (unpaired) electrons. The molecule has 33 heavy (non-hydrogen) atoms. The molecule has 5 rings (SSSR count). The van der Waals surface area contributed by atoms with E-state index in [1.54, 1.807) is 60.0 Å². The quantitative estimate of drug-likeness (QED) is 0.192. The molecule has 0 atom stereocenters. The first-order valence-electron chi connectivity index (χ1n) is 9.68. The van der Waals surface area contributed by atoms with Gasteiger partial charge in [-0.1, -0.05) is 47.5 Å². The molecule has 160 valence electrons. The van der Waals surface area contributed by atoms with Crippen molar-refractivity contribution in [2.75, 3.05) is 0 Å². The van der Waals surface area contributed by atoms with E-state index in [4.69, 9.17) is 32.0 Å². The maximum absolute atomic E-state index is 12.4. The molecule has 2 aromatic carbocycles. The molecular formula is C25H12Cl2N2O3S. The average molecular weight is 491 g/mol. The summed E-state index contributed by atoms with van der Waals surface area (Å²) in [6, 6.07) is 19.8. The number of furan rings is 1. The van der Waals surface area contributed by atoms with Crippen LogP contribution in [0.15, 0.2) is 79.7 Å². The molecule has 0 spiro atoms. The molecule has 0 aliphatic rings. The van der Waals surface area contributed by atoms with Gasteiger partial charge >= 0.3 is 5.63 Å². The highest BCUT2D eigenvalue weighted by Crippen LogP contribution is 2.36. The summed E-state index contributed by atoms with van der Waals surface area (Å²) in [6.07, 6.45) is 1.58. The van der Waals surface area contributed by atoms with E-state index in [1.165, 1.54) is 11.3 Å². The highest BCUT2D eigenvalue weighted by molar-refractivity contribution is 7.11. The van der Waals surface area contributed by atoms with Crippen LogP contribution in [0.5, 0.6) is 0 Å². The first-order valence-corrected chi connectivity index (χ1v) is 11.3. The minimum absolute atomic E-state index is 0.294. The molecule has 0 unspecified atom stereocenters. The van der Waals surface area contributed by atoms with Crippen molar-refractivity contribution in [2.45, 2.75) is 0 Å². The third-order valence-electron chi connectivity index (χ3n) is 4.89. The fourth-order valence-electron chi connectivity index (χ4n) is 3.34. The van der Waals surface area contributed by atoms with E-state index < -0.39 is 5.63 Å². The lowest BCUT2D eigenvalue weighted by Gasteiger charge is -2.02. The molecule has 0 fully saturated rings. The largest absolute Gasteiger partial charge is 0.457 e. The second-order valence-corrected chi connectivity index (χ2v) is 8.66. The zero-order valence-electron chi connectivity index (χ0n) is 16.7. The Bertz CT molecular complexity index is 1620. The SMILES string of the molecule is N#CC(=Cc1ccc(-c2c(Cl)cccc2Cl)o1)c1nc(-c2cc3ccccc3oc2=O)cs1. The van der Waals surface area contributed by atoms with Gasteiger partial charge in [-0.05, 0) is 36.4 Å². The van der Waals surface area contributed by atoms with Crippen LogP contribution in [0.1, 0.15) is 10.8 Å². The smallest absolute Gasteiger partial charge is 0.345 e. The summed E-state index contributed by atoms with van der Waals surface area (Å²) in [5, 5.41) is 13.6. The van der Waals surface area contributed by atoms with Gasteiger partial charge in [0.1, 0.15) is 28.2 Å². The minimum atomic E-state index is -0.486. The maximum atomic E-state index is 12.4. The Morgan fingerprint density at radius 2 is 1.82 bits per heavy atom. The van der Waals surface area contributed by atoms with Crippen LogP contribution in [-0.2, 0) is 0 Å². The Morgan fingerprint density at radius 3 is 2.61 bits per heavy atom. The molecular weight excluding hydrogens is 479 g/mol. The number of nitriles is 1. The molecule has 3 aromatic heterocycles. The summed E-state index contributed by atoms with van der Waals surface area (Å²) in [5.74, 6) is 0.933. The number of allylic oxidation sites excluding steroid dienone is 1. The first-order chi connectivity index (χ1) is 16.0.